The van der Waals surface area contributed by atoms with Gasteiger partial charge in [-0.05, 0) is 67.7 Å². The minimum atomic E-state index is -4.43. The Labute approximate surface area is 218 Å². The van der Waals surface area contributed by atoms with Gasteiger partial charge in [0.15, 0.2) is 11.5 Å². The van der Waals surface area contributed by atoms with Gasteiger partial charge in [0.2, 0.25) is 5.91 Å². The lowest BCUT2D eigenvalue weighted by Crippen LogP contribution is -2.38. The summed E-state index contributed by atoms with van der Waals surface area (Å²) < 4.78 is 58.5. The molecule has 202 valence electrons. The molecular weight excluding hydrogens is 499 g/mol. The Morgan fingerprint density at radius 1 is 1.05 bits per heavy atom. The highest BCUT2D eigenvalue weighted by Crippen LogP contribution is 2.38. The smallest absolute Gasteiger partial charge is 0.416 e. The van der Waals surface area contributed by atoms with Gasteiger partial charge in [0.1, 0.15) is 11.9 Å². The van der Waals surface area contributed by atoms with E-state index in [0.717, 1.165) is 30.5 Å². The van der Waals surface area contributed by atoms with Gasteiger partial charge < -0.3 is 23.7 Å². The molecule has 1 unspecified atom stereocenters. The second-order valence-electron chi connectivity index (χ2n) is 9.55. The summed E-state index contributed by atoms with van der Waals surface area (Å²) in [4.78, 5) is 19.3. The molecule has 5 rings (SSSR count). The number of methoxy groups -OCH3 is 2. The molecule has 0 bridgehead atoms. The fraction of sp³-hybridized carbons (Fsp3) is 0.429. The van der Waals surface area contributed by atoms with E-state index in [-0.39, 0.29) is 18.1 Å². The van der Waals surface area contributed by atoms with Crippen LogP contribution in [0.25, 0.3) is 17.1 Å². The summed E-state index contributed by atoms with van der Waals surface area (Å²) in [6, 6.07) is 9.17. The number of nitrogens with zero attached hydrogens (tertiary/aromatic N) is 3. The molecule has 1 aromatic heterocycles. The number of hydrogen-bond acceptors (Lipinski definition) is 5. The van der Waals surface area contributed by atoms with Gasteiger partial charge in [0, 0.05) is 31.8 Å². The first kappa shape index (κ1) is 26.1. The molecule has 3 aromatic rings. The average Bonchev–Trinajstić information content (AvgIpc) is 3.59. The van der Waals surface area contributed by atoms with Crippen molar-refractivity contribution in [3.63, 3.8) is 0 Å². The Bertz CT molecular complexity index is 1340. The summed E-state index contributed by atoms with van der Waals surface area (Å²) in [6.07, 6.45) is 1.64. The number of imidazole rings is 1. The fourth-order valence-corrected chi connectivity index (χ4v) is 5.26. The van der Waals surface area contributed by atoms with Crippen molar-refractivity contribution in [3.05, 3.63) is 59.4 Å². The second-order valence-corrected chi connectivity index (χ2v) is 9.55. The van der Waals surface area contributed by atoms with Crippen LogP contribution in [0.15, 0.2) is 42.5 Å². The van der Waals surface area contributed by atoms with Crippen LogP contribution in [0.3, 0.4) is 0 Å². The Hall–Kier alpha value is -3.53. The summed E-state index contributed by atoms with van der Waals surface area (Å²) in [7, 11) is 3.13. The van der Waals surface area contributed by atoms with E-state index in [4.69, 9.17) is 14.2 Å². The Balaban J connectivity index is 1.32. The first-order valence-corrected chi connectivity index (χ1v) is 12.7. The van der Waals surface area contributed by atoms with Crippen molar-refractivity contribution in [3.8, 4) is 11.5 Å². The number of carbonyl (C=O) groups is 1. The number of aromatic nitrogens is 2. The molecule has 0 aliphatic carbocycles. The van der Waals surface area contributed by atoms with E-state index < -0.39 is 11.7 Å². The predicted molar refractivity (Wildman–Crippen MR) is 136 cm³/mol. The number of halogens is 3. The van der Waals surface area contributed by atoms with Gasteiger partial charge in [-0.25, -0.2) is 4.98 Å². The third-order valence-corrected chi connectivity index (χ3v) is 7.23. The van der Waals surface area contributed by atoms with Gasteiger partial charge in [-0.2, -0.15) is 13.2 Å². The van der Waals surface area contributed by atoms with Gasteiger partial charge in [0.25, 0.3) is 0 Å². The van der Waals surface area contributed by atoms with Gasteiger partial charge >= 0.3 is 6.18 Å². The number of benzene rings is 2. The number of hydrogen-bond donors (Lipinski definition) is 0. The summed E-state index contributed by atoms with van der Waals surface area (Å²) in [5.74, 6) is 1.78. The Morgan fingerprint density at radius 2 is 1.82 bits per heavy atom. The van der Waals surface area contributed by atoms with Crippen molar-refractivity contribution in [1.29, 1.82) is 0 Å². The van der Waals surface area contributed by atoms with E-state index in [9.17, 15) is 18.0 Å². The molecule has 0 radical (unpaired) electrons. The maximum absolute atomic E-state index is 13.3. The molecule has 10 heteroatoms. The SMILES string of the molecule is COc1ccc(/C=C/C(=O)N2CCC(n3c(C4CCCO4)nc4cc(C(F)(F)F)ccc43)CC2)cc1OC. The summed E-state index contributed by atoms with van der Waals surface area (Å²) in [5.41, 5.74) is 1.09. The highest BCUT2D eigenvalue weighted by atomic mass is 19.4. The minimum absolute atomic E-state index is 0.00909. The summed E-state index contributed by atoms with van der Waals surface area (Å²) in [6.45, 7) is 1.68. The number of alkyl halides is 3. The van der Waals surface area contributed by atoms with E-state index >= 15 is 0 Å². The van der Waals surface area contributed by atoms with Crippen molar-refractivity contribution in [2.75, 3.05) is 33.9 Å². The first-order chi connectivity index (χ1) is 18.3. The quantitative estimate of drug-likeness (QED) is 0.378. The summed E-state index contributed by atoms with van der Waals surface area (Å²) in [5, 5.41) is 0. The minimum Gasteiger partial charge on any atom is -0.493 e. The van der Waals surface area contributed by atoms with Crippen molar-refractivity contribution in [2.24, 2.45) is 0 Å². The Kier molecular flexibility index (Phi) is 7.34. The van der Waals surface area contributed by atoms with Gasteiger partial charge in [-0.3, -0.25) is 4.79 Å². The number of carbonyl (C=O) groups excluding carboxylic acids is 1. The lowest BCUT2D eigenvalue weighted by molar-refractivity contribution is -0.137. The third kappa shape index (κ3) is 5.22. The lowest BCUT2D eigenvalue weighted by Gasteiger charge is -2.33. The fourth-order valence-electron chi connectivity index (χ4n) is 5.26. The van der Waals surface area contributed by atoms with Crippen LogP contribution in [-0.2, 0) is 15.7 Å². The molecule has 2 aromatic carbocycles. The maximum Gasteiger partial charge on any atom is 0.416 e. The number of rotatable bonds is 6. The topological polar surface area (TPSA) is 65.8 Å². The normalized spacial score (nSPS) is 19.0. The van der Waals surface area contributed by atoms with E-state index in [1.54, 1.807) is 43.4 Å². The maximum atomic E-state index is 13.3. The zero-order valence-electron chi connectivity index (χ0n) is 21.3. The molecule has 3 heterocycles. The van der Waals surface area contributed by atoms with Crippen molar-refractivity contribution in [2.45, 2.75) is 44.0 Å². The molecule has 0 spiro atoms. The number of piperidine rings is 1. The molecule has 38 heavy (non-hydrogen) atoms. The van der Waals surface area contributed by atoms with Gasteiger partial charge in [0.05, 0.1) is 30.8 Å². The van der Waals surface area contributed by atoms with E-state index in [1.807, 2.05) is 10.6 Å². The number of amides is 1. The molecule has 0 N–H and O–H groups in total. The molecule has 7 nitrogen and oxygen atoms in total. The lowest BCUT2D eigenvalue weighted by atomic mass is 10.0. The number of ether oxygens (including phenoxy) is 3. The second kappa shape index (κ2) is 10.7. The van der Waals surface area contributed by atoms with Crippen LogP contribution in [0.1, 0.15) is 54.8 Å². The third-order valence-electron chi connectivity index (χ3n) is 7.23. The van der Waals surface area contributed by atoms with E-state index in [0.29, 0.717) is 60.9 Å². The molecule has 2 fully saturated rings. The molecule has 0 saturated carbocycles. The monoisotopic (exact) mass is 529 g/mol. The zero-order chi connectivity index (χ0) is 26.9. The standard InChI is InChI=1S/C28H30F3N3O4/c1-36-23-9-5-18(16-25(23)37-2)6-10-26(35)33-13-11-20(12-14-33)34-22-8-7-19(28(29,30)31)17-21(22)32-27(34)24-4-3-15-38-24/h5-10,16-17,20,24H,3-4,11-15H2,1-2H3/b10-6+. The van der Waals surface area contributed by atoms with Crippen molar-refractivity contribution in [1.82, 2.24) is 14.5 Å². The van der Waals surface area contributed by atoms with Crippen molar-refractivity contribution >= 4 is 23.0 Å². The van der Waals surface area contributed by atoms with Crippen LogP contribution < -0.4 is 9.47 Å². The molecule has 2 saturated heterocycles. The predicted octanol–water partition coefficient (Wildman–Crippen LogP) is 5.80. The van der Waals surface area contributed by atoms with Gasteiger partial charge in [-0.1, -0.05) is 6.07 Å². The molecule has 2 aliphatic rings. The number of likely N-dealkylation sites (tertiary alicyclic amines) is 1. The van der Waals surface area contributed by atoms with Crippen LogP contribution >= 0.6 is 0 Å². The van der Waals surface area contributed by atoms with Crippen molar-refractivity contribution < 1.29 is 32.2 Å². The van der Waals surface area contributed by atoms with Crippen LogP contribution in [0.2, 0.25) is 0 Å². The first-order valence-electron chi connectivity index (χ1n) is 12.7. The van der Waals surface area contributed by atoms with Gasteiger partial charge in [-0.15, -0.1) is 0 Å². The Morgan fingerprint density at radius 3 is 2.47 bits per heavy atom. The molecule has 1 atom stereocenters. The largest absolute Gasteiger partial charge is 0.493 e. The highest BCUT2D eigenvalue weighted by molar-refractivity contribution is 5.92. The molecule has 1 amide bonds. The number of fused-ring (bicyclic) bond motifs is 1. The molecule has 2 aliphatic heterocycles. The zero-order valence-corrected chi connectivity index (χ0v) is 21.3. The van der Waals surface area contributed by atoms with Crippen LogP contribution in [-0.4, -0.2) is 54.3 Å². The van der Waals surface area contributed by atoms with Crippen LogP contribution in [0.5, 0.6) is 11.5 Å². The van der Waals surface area contributed by atoms with E-state index in [2.05, 4.69) is 4.98 Å². The van der Waals surface area contributed by atoms with Crippen LogP contribution in [0.4, 0.5) is 13.2 Å². The molecular formula is C28H30F3N3O4. The van der Waals surface area contributed by atoms with Crippen LogP contribution in [0, 0.1) is 0 Å². The van der Waals surface area contributed by atoms with E-state index in [1.165, 1.54) is 6.07 Å². The average molecular weight is 530 g/mol. The summed E-state index contributed by atoms with van der Waals surface area (Å²) >= 11 is 0. The highest BCUT2D eigenvalue weighted by Gasteiger charge is 2.34.